The van der Waals surface area contributed by atoms with Crippen molar-refractivity contribution in [1.29, 1.82) is 0 Å². The van der Waals surface area contributed by atoms with Crippen LogP contribution in [0.3, 0.4) is 0 Å². The molecule has 1 fully saturated rings. The first-order chi connectivity index (χ1) is 7.28. The molecule has 1 aromatic rings. The first-order valence-corrected chi connectivity index (χ1v) is 5.62. The van der Waals surface area contributed by atoms with Crippen molar-refractivity contribution < 1.29 is 0 Å². The second kappa shape index (κ2) is 6.23. The van der Waals surface area contributed by atoms with Crippen LogP contribution in [0.25, 0.3) is 0 Å². The van der Waals surface area contributed by atoms with E-state index < -0.39 is 0 Å². The highest BCUT2D eigenvalue weighted by molar-refractivity contribution is 5.85. The summed E-state index contributed by atoms with van der Waals surface area (Å²) in [5.41, 5.74) is 1.32. The summed E-state index contributed by atoms with van der Waals surface area (Å²) in [5, 5.41) is 7.45. The molecule has 1 N–H and O–H groups in total. The molecule has 1 unspecified atom stereocenters. The van der Waals surface area contributed by atoms with Gasteiger partial charge in [-0.2, -0.15) is 5.10 Å². The third-order valence-corrected chi connectivity index (χ3v) is 3.03. The predicted molar refractivity (Wildman–Crippen MR) is 67.8 cm³/mol. The Hall–Kier alpha value is -0.580. The van der Waals surface area contributed by atoms with Crippen LogP contribution in [-0.2, 0) is 13.6 Å². The van der Waals surface area contributed by atoms with Crippen LogP contribution in [-0.4, -0.2) is 41.4 Å². The van der Waals surface area contributed by atoms with Crippen LogP contribution in [0.2, 0.25) is 0 Å². The lowest BCUT2D eigenvalue weighted by molar-refractivity contribution is 0.315. The molecule has 0 amide bonds. The van der Waals surface area contributed by atoms with E-state index >= 15 is 0 Å². The molecule has 2 rings (SSSR count). The smallest absolute Gasteiger partial charge is 0.0534 e. The van der Waals surface area contributed by atoms with Gasteiger partial charge < -0.3 is 5.32 Å². The number of nitrogens with zero attached hydrogens (tertiary/aromatic N) is 3. The van der Waals surface area contributed by atoms with Gasteiger partial charge in [-0.25, -0.2) is 0 Å². The average Bonchev–Trinajstić information content (AvgIpc) is 2.78. The number of likely N-dealkylation sites (tertiary alicyclic amines) is 1. The van der Waals surface area contributed by atoms with Crippen molar-refractivity contribution in [3.63, 3.8) is 0 Å². The number of nitrogens with one attached hydrogen (secondary N) is 1. The second-order valence-corrected chi connectivity index (χ2v) is 4.47. The van der Waals surface area contributed by atoms with Crippen molar-refractivity contribution in [1.82, 2.24) is 20.0 Å². The van der Waals surface area contributed by atoms with Crippen molar-refractivity contribution in [2.24, 2.45) is 13.0 Å². The molecule has 5 heteroatoms. The monoisotopic (exact) mass is 244 g/mol. The molecule has 1 saturated heterocycles. The standard InChI is InChI=1S/C11H20N4.ClH/c1-12-5-10-3-4-15(8-10)9-11-6-13-14(2)7-11;/h6-7,10,12H,3-5,8-9H2,1-2H3;1H. The summed E-state index contributed by atoms with van der Waals surface area (Å²) in [5.74, 6) is 0.826. The van der Waals surface area contributed by atoms with Crippen LogP contribution >= 0.6 is 12.4 Å². The lowest BCUT2D eigenvalue weighted by Crippen LogP contribution is -2.24. The molecular formula is C11H21ClN4. The van der Waals surface area contributed by atoms with E-state index in [-0.39, 0.29) is 12.4 Å². The van der Waals surface area contributed by atoms with Gasteiger partial charge in [-0.1, -0.05) is 0 Å². The molecule has 0 radical (unpaired) electrons. The lowest BCUT2D eigenvalue weighted by Gasteiger charge is -2.14. The van der Waals surface area contributed by atoms with Gasteiger partial charge in [0.1, 0.15) is 0 Å². The van der Waals surface area contributed by atoms with Crippen molar-refractivity contribution in [2.45, 2.75) is 13.0 Å². The molecule has 92 valence electrons. The summed E-state index contributed by atoms with van der Waals surface area (Å²) in [6, 6.07) is 0. The van der Waals surface area contributed by atoms with Crippen molar-refractivity contribution in [2.75, 3.05) is 26.7 Å². The Labute approximate surface area is 103 Å². The molecule has 16 heavy (non-hydrogen) atoms. The quantitative estimate of drug-likeness (QED) is 0.854. The van der Waals surface area contributed by atoms with Gasteiger partial charge in [0.15, 0.2) is 0 Å². The highest BCUT2D eigenvalue weighted by atomic mass is 35.5. The van der Waals surface area contributed by atoms with E-state index in [1.54, 1.807) is 0 Å². The number of rotatable bonds is 4. The molecule has 1 aromatic heterocycles. The van der Waals surface area contributed by atoms with Crippen LogP contribution in [0.4, 0.5) is 0 Å². The Bertz CT molecular complexity index is 313. The SMILES string of the molecule is CNCC1CCN(Cc2cnn(C)c2)C1.Cl. The first kappa shape index (κ1) is 13.5. The highest BCUT2D eigenvalue weighted by Crippen LogP contribution is 2.17. The molecule has 1 atom stereocenters. The predicted octanol–water partition coefficient (Wildman–Crippen LogP) is 0.883. The van der Waals surface area contributed by atoms with E-state index in [1.165, 1.54) is 25.1 Å². The van der Waals surface area contributed by atoms with Crippen LogP contribution < -0.4 is 5.32 Å². The van der Waals surface area contributed by atoms with Crippen molar-refractivity contribution in [3.05, 3.63) is 18.0 Å². The van der Waals surface area contributed by atoms with E-state index in [9.17, 15) is 0 Å². The zero-order valence-electron chi connectivity index (χ0n) is 10.0. The Morgan fingerprint density at radius 3 is 3.00 bits per heavy atom. The Morgan fingerprint density at radius 1 is 1.56 bits per heavy atom. The second-order valence-electron chi connectivity index (χ2n) is 4.47. The van der Waals surface area contributed by atoms with Gasteiger partial charge in [-0.3, -0.25) is 9.58 Å². The van der Waals surface area contributed by atoms with Gasteiger partial charge in [-0.15, -0.1) is 12.4 Å². The van der Waals surface area contributed by atoms with Gasteiger partial charge in [0.05, 0.1) is 6.20 Å². The summed E-state index contributed by atoms with van der Waals surface area (Å²) >= 11 is 0. The van der Waals surface area contributed by atoms with Crippen LogP contribution in [0.5, 0.6) is 0 Å². The van der Waals surface area contributed by atoms with E-state index in [1.807, 2.05) is 25.0 Å². The zero-order valence-corrected chi connectivity index (χ0v) is 10.8. The summed E-state index contributed by atoms with van der Waals surface area (Å²) in [6.45, 7) is 4.63. The fourth-order valence-electron chi connectivity index (χ4n) is 2.32. The van der Waals surface area contributed by atoms with Gasteiger partial charge in [0.25, 0.3) is 0 Å². The van der Waals surface area contributed by atoms with E-state index in [0.29, 0.717) is 0 Å². The Morgan fingerprint density at radius 2 is 2.38 bits per heavy atom. The average molecular weight is 245 g/mol. The third kappa shape index (κ3) is 3.47. The summed E-state index contributed by atoms with van der Waals surface area (Å²) in [4.78, 5) is 2.51. The number of aryl methyl sites for hydroxylation is 1. The minimum atomic E-state index is 0. The molecule has 0 aromatic carbocycles. The Balaban J connectivity index is 0.00000128. The summed E-state index contributed by atoms with van der Waals surface area (Å²) in [7, 11) is 4.00. The van der Waals surface area contributed by atoms with E-state index in [0.717, 1.165) is 19.0 Å². The van der Waals surface area contributed by atoms with Crippen LogP contribution in [0.1, 0.15) is 12.0 Å². The number of hydrogen-bond acceptors (Lipinski definition) is 3. The molecule has 2 heterocycles. The largest absolute Gasteiger partial charge is 0.319 e. The molecule has 1 aliphatic rings. The highest BCUT2D eigenvalue weighted by Gasteiger charge is 2.21. The fourth-order valence-corrected chi connectivity index (χ4v) is 2.32. The maximum Gasteiger partial charge on any atom is 0.0534 e. The van der Waals surface area contributed by atoms with Crippen molar-refractivity contribution in [3.8, 4) is 0 Å². The fraction of sp³-hybridized carbons (Fsp3) is 0.727. The summed E-state index contributed by atoms with van der Waals surface area (Å²) < 4.78 is 1.87. The minimum absolute atomic E-state index is 0. The van der Waals surface area contributed by atoms with E-state index in [4.69, 9.17) is 0 Å². The lowest BCUT2D eigenvalue weighted by atomic mass is 10.1. The van der Waals surface area contributed by atoms with Gasteiger partial charge in [0, 0.05) is 31.9 Å². The molecule has 1 aliphatic heterocycles. The topological polar surface area (TPSA) is 33.1 Å². The van der Waals surface area contributed by atoms with Crippen LogP contribution in [0.15, 0.2) is 12.4 Å². The maximum atomic E-state index is 4.19. The number of halogens is 1. The van der Waals surface area contributed by atoms with Gasteiger partial charge >= 0.3 is 0 Å². The molecule has 4 nitrogen and oxygen atoms in total. The first-order valence-electron chi connectivity index (χ1n) is 5.62. The molecule has 0 spiro atoms. The van der Waals surface area contributed by atoms with E-state index in [2.05, 4.69) is 21.5 Å². The third-order valence-electron chi connectivity index (χ3n) is 3.03. The molecule has 0 aliphatic carbocycles. The molecule has 0 saturated carbocycles. The zero-order chi connectivity index (χ0) is 10.7. The maximum absolute atomic E-state index is 4.19. The molecule has 0 bridgehead atoms. The minimum Gasteiger partial charge on any atom is -0.319 e. The Kier molecular flexibility index (Phi) is 5.25. The summed E-state index contributed by atoms with van der Waals surface area (Å²) in [6.07, 6.45) is 5.39. The van der Waals surface area contributed by atoms with Gasteiger partial charge in [0.2, 0.25) is 0 Å². The van der Waals surface area contributed by atoms with Gasteiger partial charge in [-0.05, 0) is 32.5 Å². The number of aromatic nitrogens is 2. The van der Waals surface area contributed by atoms with Crippen LogP contribution in [0, 0.1) is 5.92 Å². The molecular weight excluding hydrogens is 224 g/mol. The number of hydrogen-bond donors (Lipinski definition) is 1. The van der Waals surface area contributed by atoms with Crippen molar-refractivity contribution >= 4 is 12.4 Å². The normalized spacial score (nSPS) is 21.0.